The van der Waals surface area contributed by atoms with Crippen molar-refractivity contribution < 1.29 is 9.59 Å². The molecule has 4 rings (SSSR count). The summed E-state index contributed by atoms with van der Waals surface area (Å²) < 4.78 is 1.88. The van der Waals surface area contributed by atoms with Crippen LogP contribution in [0.3, 0.4) is 0 Å². The highest BCUT2D eigenvalue weighted by molar-refractivity contribution is 6.30. The van der Waals surface area contributed by atoms with Crippen LogP contribution < -0.4 is 5.32 Å². The summed E-state index contributed by atoms with van der Waals surface area (Å²) in [4.78, 5) is 25.0. The van der Waals surface area contributed by atoms with Gasteiger partial charge in [-0.05, 0) is 41.5 Å². The Kier molecular flexibility index (Phi) is 5.77. The number of hydrogen-bond acceptors (Lipinski definition) is 2. The number of aromatic nitrogens is 1. The Morgan fingerprint density at radius 1 is 0.900 bits per heavy atom. The number of amides is 1. The highest BCUT2D eigenvalue weighted by Gasteiger charge is 2.22. The third-order valence-corrected chi connectivity index (χ3v) is 5.08. The van der Waals surface area contributed by atoms with Gasteiger partial charge in [-0.25, -0.2) is 0 Å². The fourth-order valence-electron chi connectivity index (χ4n) is 3.41. The second-order valence-corrected chi connectivity index (χ2v) is 7.28. The van der Waals surface area contributed by atoms with E-state index in [-0.39, 0.29) is 5.91 Å². The lowest BCUT2D eigenvalue weighted by atomic mass is 10.1. The van der Waals surface area contributed by atoms with Crippen LogP contribution in [0.2, 0.25) is 5.02 Å². The van der Waals surface area contributed by atoms with E-state index in [1.54, 1.807) is 30.3 Å². The molecule has 1 N–H and O–H groups in total. The van der Waals surface area contributed by atoms with Crippen LogP contribution >= 0.6 is 11.6 Å². The molecule has 4 aromatic rings. The fraction of sp³-hybridized carbons (Fsp3) is 0.0400. The molecule has 0 fully saturated rings. The van der Waals surface area contributed by atoms with Gasteiger partial charge in [-0.2, -0.15) is 0 Å². The van der Waals surface area contributed by atoms with E-state index < -0.39 is 0 Å². The van der Waals surface area contributed by atoms with E-state index in [2.05, 4.69) is 5.32 Å². The molecule has 0 radical (unpaired) electrons. The molecular weight excluding hydrogens is 396 g/mol. The molecule has 0 saturated carbocycles. The monoisotopic (exact) mass is 414 g/mol. The van der Waals surface area contributed by atoms with E-state index in [1.807, 2.05) is 65.2 Å². The van der Waals surface area contributed by atoms with Crippen LogP contribution in [0.25, 0.3) is 11.3 Å². The van der Waals surface area contributed by atoms with Crippen molar-refractivity contribution in [1.82, 2.24) is 4.57 Å². The van der Waals surface area contributed by atoms with Crippen LogP contribution in [0.4, 0.5) is 5.69 Å². The van der Waals surface area contributed by atoms with Crippen LogP contribution in [-0.2, 0) is 6.54 Å². The Morgan fingerprint density at radius 3 is 2.17 bits per heavy atom. The molecule has 1 heterocycles. The van der Waals surface area contributed by atoms with Crippen molar-refractivity contribution in [3.63, 3.8) is 0 Å². The molecule has 0 atom stereocenters. The van der Waals surface area contributed by atoms with Crippen LogP contribution in [0.5, 0.6) is 0 Å². The summed E-state index contributed by atoms with van der Waals surface area (Å²) in [7, 11) is 0. The van der Waals surface area contributed by atoms with Gasteiger partial charge < -0.3 is 9.88 Å². The highest BCUT2D eigenvalue weighted by Crippen LogP contribution is 2.29. The Bertz CT molecular complexity index is 1170. The van der Waals surface area contributed by atoms with Crippen molar-refractivity contribution in [3.8, 4) is 11.3 Å². The first-order valence-electron chi connectivity index (χ1n) is 9.50. The Balaban J connectivity index is 1.80. The number of aldehydes is 1. The normalized spacial score (nSPS) is 10.6. The predicted molar refractivity (Wildman–Crippen MR) is 120 cm³/mol. The lowest BCUT2D eigenvalue weighted by Crippen LogP contribution is -2.13. The molecule has 4 nitrogen and oxygen atoms in total. The summed E-state index contributed by atoms with van der Waals surface area (Å²) in [6.45, 7) is 0.480. The third kappa shape index (κ3) is 4.19. The molecule has 5 heteroatoms. The zero-order chi connectivity index (χ0) is 20.9. The average Bonchev–Trinajstić information content (AvgIpc) is 3.15. The van der Waals surface area contributed by atoms with Gasteiger partial charge in [0.25, 0.3) is 5.91 Å². The molecule has 148 valence electrons. The largest absolute Gasteiger partial charge is 0.333 e. The van der Waals surface area contributed by atoms with E-state index >= 15 is 0 Å². The van der Waals surface area contributed by atoms with Crippen LogP contribution in [0.15, 0.2) is 91.0 Å². The summed E-state index contributed by atoms with van der Waals surface area (Å²) in [5.41, 5.74) is 4.12. The summed E-state index contributed by atoms with van der Waals surface area (Å²) >= 11 is 5.94. The van der Waals surface area contributed by atoms with E-state index in [4.69, 9.17) is 11.6 Å². The molecule has 0 aliphatic rings. The Labute approximate surface area is 179 Å². The molecule has 0 aliphatic heterocycles. The Morgan fingerprint density at radius 2 is 1.53 bits per heavy atom. The lowest BCUT2D eigenvalue weighted by Gasteiger charge is -2.14. The molecule has 0 saturated heterocycles. The van der Waals surface area contributed by atoms with Gasteiger partial charge in [-0.15, -0.1) is 0 Å². The number of hydrogen-bond donors (Lipinski definition) is 1. The summed E-state index contributed by atoms with van der Waals surface area (Å²) in [5, 5.41) is 3.49. The fourth-order valence-corrected chi connectivity index (χ4v) is 3.54. The predicted octanol–water partition coefficient (Wildman–Crippen LogP) is 5.92. The summed E-state index contributed by atoms with van der Waals surface area (Å²) in [6.07, 6.45) is 0.786. The molecule has 1 aromatic heterocycles. The second kappa shape index (κ2) is 8.80. The van der Waals surface area contributed by atoms with E-state index in [0.29, 0.717) is 34.2 Å². The smallest absolute Gasteiger partial charge is 0.257 e. The number of nitrogens with one attached hydrogen (secondary N) is 1. The van der Waals surface area contributed by atoms with Crippen molar-refractivity contribution in [2.24, 2.45) is 0 Å². The van der Waals surface area contributed by atoms with E-state index in [9.17, 15) is 9.59 Å². The number of nitrogens with zero attached hydrogens (tertiary/aromatic N) is 1. The van der Waals surface area contributed by atoms with E-state index in [0.717, 1.165) is 17.4 Å². The maximum Gasteiger partial charge on any atom is 0.257 e. The quantitative estimate of drug-likeness (QED) is 0.398. The zero-order valence-electron chi connectivity index (χ0n) is 16.1. The number of carbonyl (C=O) groups is 2. The van der Waals surface area contributed by atoms with Crippen molar-refractivity contribution in [3.05, 3.63) is 113 Å². The molecule has 0 bridgehead atoms. The third-order valence-electron chi connectivity index (χ3n) is 4.83. The van der Waals surface area contributed by atoms with Crippen LogP contribution in [0.1, 0.15) is 26.4 Å². The molecule has 0 aliphatic carbocycles. The van der Waals surface area contributed by atoms with Gasteiger partial charge in [0.2, 0.25) is 0 Å². The molecule has 0 unspecified atom stereocenters. The zero-order valence-corrected chi connectivity index (χ0v) is 16.8. The van der Waals surface area contributed by atoms with Gasteiger partial charge in [0.15, 0.2) is 6.29 Å². The average molecular weight is 415 g/mol. The van der Waals surface area contributed by atoms with Crippen LogP contribution in [-0.4, -0.2) is 16.8 Å². The highest BCUT2D eigenvalue weighted by atomic mass is 35.5. The molecule has 3 aromatic carbocycles. The van der Waals surface area contributed by atoms with Gasteiger partial charge in [0.1, 0.15) is 0 Å². The Hall–Kier alpha value is -3.63. The number of halogens is 1. The first-order chi connectivity index (χ1) is 14.7. The van der Waals surface area contributed by atoms with Crippen molar-refractivity contribution in [2.45, 2.75) is 6.54 Å². The SMILES string of the molecule is O=Cc1cc(C(=O)Nc2ccc(Cl)cc2)c(-c2ccccc2)n1Cc1ccccc1. The standard InChI is InChI=1S/C25H19ClN2O2/c26-20-11-13-21(14-12-20)27-25(30)23-15-22(17-29)28(16-18-7-3-1-4-8-18)24(23)19-9-5-2-6-10-19/h1-15,17H,16H2,(H,27,30). The van der Waals surface area contributed by atoms with Crippen molar-refractivity contribution in [2.75, 3.05) is 5.32 Å². The first-order valence-corrected chi connectivity index (χ1v) is 9.88. The van der Waals surface area contributed by atoms with Gasteiger partial charge in [-0.1, -0.05) is 72.3 Å². The van der Waals surface area contributed by atoms with Gasteiger partial charge in [0.05, 0.1) is 17.0 Å². The van der Waals surface area contributed by atoms with Gasteiger partial charge >= 0.3 is 0 Å². The minimum atomic E-state index is -0.286. The van der Waals surface area contributed by atoms with Crippen molar-refractivity contribution >= 4 is 29.5 Å². The summed E-state index contributed by atoms with van der Waals surface area (Å²) in [6, 6.07) is 28.0. The minimum absolute atomic E-state index is 0.286. The van der Waals surface area contributed by atoms with Gasteiger partial charge in [0, 0.05) is 17.3 Å². The molecule has 0 spiro atoms. The maximum absolute atomic E-state index is 13.2. The topological polar surface area (TPSA) is 51.1 Å². The number of rotatable bonds is 6. The minimum Gasteiger partial charge on any atom is -0.333 e. The molecule has 30 heavy (non-hydrogen) atoms. The number of anilines is 1. The number of benzene rings is 3. The summed E-state index contributed by atoms with van der Waals surface area (Å²) in [5.74, 6) is -0.286. The molecular formula is C25H19ClN2O2. The van der Waals surface area contributed by atoms with Gasteiger partial charge in [-0.3, -0.25) is 9.59 Å². The maximum atomic E-state index is 13.2. The molecule has 1 amide bonds. The second-order valence-electron chi connectivity index (χ2n) is 6.85. The van der Waals surface area contributed by atoms with Crippen LogP contribution in [0, 0.1) is 0 Å². The van der Waals surface area contributed by atoms with E-state index in [1.165, 1.54) is 0 Å². The lowest BCUT2D eigenvalue weighted by molar-refractivity contribution is 0.102. The first kappa shape index (κ1) is 19.7. The van der Waals surface area contributed by atoms with Crippen molar-refractivity contribution in [1.29, 1.82) is 0 Å². The number of carbonyl (C=O) groups excluding carboxylic acids is 2.